The van der Waals surface area contributed by atoms with E-state index >= 15 is 0 Å². The van der Waals surface area contributed by atoms with E-state index in [0.29, 0.717) is 24.6 Å². The number of hydrogen-bond donors (Lipinski definition) is 0. The number of hydrogen-bond acceptors (Lipinski definition) is 5. The molecular formula is C26H24N2O3S. The van der Waals surface area contributed by atoms with Gasteiger partial charge in [-0.1, -0.05) is 36.4 Å². The molecule has 0 radical (unpaired) electrons. The fourth-order valence-electron chi connectivity index (χ4n) is 3.44. The number of benzene rings is 2. The lowest BCUT2D eigenvalue weighted by Crippen LogP contribution is -2.28. The SMILES string of the molecule is COc1ccc(CN(Cc2cccs2)C(=O)/C=C/c2ccc3ccccc3n2)cc1OC. The number of thiophene rings is 1. The van der Waals surface area contributed by atoms with Gasteiger partial charge in [0.05, 0.1) is 32.0 Å². The van der Waals surface area contributed by atoms with Crippen LogP contribution in [0.3, 0.4) is 0 Å². The predicted octanol–water partition coefficient (Wildman–Crippen LogP) is 5.56. The molecule has 0 N–H and O–H groups in total. The van der Waals surface area contributed by atoms with Gasteiger partial charge in [0, 0.05) is 22.9 Å². The summed E-state index contributed by atoms with van der Waals surface area (Å²) in [6.07, 6.45) is 3.36. The Hall–Kier alpha value is -3.64. The quantitative estimate of drug-likeness (QED) is 0.334. The van der Waals surface area contributed by atoms with Crippen LogP contribution in [-0.2, 0) is 17.9 Å². The van der Waals surface area contributed by atoms with E-state index < -0.39 is 0 Å². The van der Waals surface area contributed by atoms with Crippen molar-refractivity contribution in [2.75, 3.05) is 14.2 Å². The van der Waals surface area contributed by atoms with Crippen LogP contribution in [0.4, 0.5) is 0 Å². The van der Waals surface area contributed by atoms with Gasteiger partial charge in [0.1, 0.15) is 0 Å². The molecular weight excluding hydrogens is 420 g/mol. The molecule has 0 bridgehead atoms. The Morgan fingerprint density at radius 2 is 1.81 bits per heavy atom. The summed E-state index contributed by atoms with van der Waals surface area (Å²) in [5.41, 5.74) is 2.62. The van der Waals surface area contributed by atoms with Gasteiger partial charge in [0.2, 0.25) is 5.91 Å². The van der Waals surface area contributed by atoms with Gasteiger partial charge in [-0.2, -0.15) is 0 Å². The Bertz CT molecular complexity index is 1240. The van der Waals surface area contributed by atoms with Crippen LogP contribution in [0.25, 0.3) is 17.0 Å². The molecule has 5 nitrogen and oxygen atoms in total. The van der Waals surface area contributed by atoms with Crippen LogP contribution >= 0.6 is 11.3 Å². The van der Waals surface area contributed by atoms with Crippen LogP contribution in [0.15, 0.2) is 78.2 Å². The highest BCUT2D eigenvalue weighted by atomic mass is 32.1. The van der Waals surface area contributed by atoms with Crippen LogP contribution in [-0.4, -0.2) is 30.0 Å². The highest BCUT2D eigenvalue weighted by Gasteiger charge is 2.15. The van der Waals surface area contributed by atoms with Crippen molar-refractivity contribution in [2.24, 2.45) is 0 Å². The van der Waals surface area contributed by atoms with Crippen molar-refractivity contribution >= 4 is 34.2 Å². The number of rotatable bonds is 8. The number of ether oxygens (including phenoxy) is 2. The Balaban J connectivity index is 1.56. The fourth-order valence-corrected chi connectivity index (χ4v) is 4.16. The van der Waals surface area contributed by atoms with Crippen molar-refractivity contribution in [1.29, 1.82) is 0 Å². The molecule has 0 saturated carbocycles. The number of amides is 1. The molecule has 2 aromatic heterocycles. The van der Waals surface area contributed by atoms with Crippen molar-refractivity contribution in [1.82, 2.24) is 9.88 Å². The lowest BCUT2D eigenvalue weighted by atomic mass is 10.1. The Labute approximate surface area is 191 Å². The van der Waals surface area contributed by atoms with E-state index in [0.717, 1.165) is 27.0 Å². The average Bonchev–Trinajstić information content (AvgIpc) is 3.35. The second-order valence-corrected chi connectivity index (χ2v) is 8.26. The summed E-state index contributed by atoms with van der Waals surface area (Å²) in [7, 11) is 3.21. The number of carbonyl (C=O) groups is 1. The molecule has 1 amide bonds. The summed E-state index contributed by atoms with van der Waals surface area (Å²) < 4.78 is 10.7. The number of carbonyl (C=O) groups excluding carboxylic acids is 1. The Kier molecular flexibility index (Phi) is 6.82. The van der Waals surface area contributed by atoms with Crippen LogP contribution in [0.1, 0.15) is 16.1 Å². The predicted molar refractivity (Wildman–Crippen MR) is 129 cm³/mol. The number of pyridine rings is 1. The number of methoxy groups -OCH3 is 2. The Morgan fingerprint density at radius 3 is 2.59 bits per heavy atom. The highest BCUT2D eigenvalue weighted by Crippen LogP contribution is 2.28. The maximum absolute atomic E-state index is 13.1. The van der Waals surface area contributed by atoms with E-state index in [1.54, 1.807) is 37.7 Å². The Morgan fingerprint density at radius 1 is 0.969 bits per heavy atom. The molecule has 4 aromatic rings. The number of aromatic nitrogens is 1. The topological polar surface area (TPSA) is 51.7 Å². The molecule has 0 saturated heterocycles. The normalized spacial score (nSPS) is 11.1. The van der Waals surface area contributed by atoms with Crippen LogP contribution < -0.4 is 9.47 Å². The minimum absolute atomic E-state index is 0.0804. The van der Waals surface area contributed by atoms with E-state index in [1.165, 1.54) is 0 Å². The molecule has 0 spiro atoms. The van der Waals surface area contributed by atoms with Gasteiger partial charge in [-0.3, -0.25) is 4.79 Å². The zero-order chi connectivity index (χ0) is 22.3. The molecule has 6 heteroatoms. The summed E-state index contributed by atoms with van der Waals surface area (Å²) in [4.78, 5) is 20.7. The van der Waals surface area contributed by atoms with Crippen LogP contribution in [0.5, 0.6) is 11.5 Å². The lowest BCUT2D eigenvalue weighted by molar-refractivity contribution is -0.127. The van der Waals surface area contributed by atoms with Gasteiger partial charge >= 0.3 is 0 Å². The van der Waals surface area contributed by atoms with Gasteiger partial charge < -0.3 is 14.4 Å². The zero-order valence-corrected chi connectivity index (χ0v) is 18.8. The molecule has 2 aromatic carbocycles. The monoisotopic (exact) mass is 444 g/mol. The third-order valence-electron chi connectivity index (χ3n) is 5.08. The molecule has 0 atom stereocenters. The third kappa shape index (κ3) is 5.15. The molecule has 4 rings (SSSR count). The second kappa shape index (κ2) is 10.1. The van der Waals surface area contributed by atoms with Crippen molar-refractivity contribution in [2.45, 2.75) is 13.1 Å². The first-order valence-corrected chi connectivity index (χ1v) is 11.1. The minimum atomic E-state index is -0.0804. The van der Waals surface area contributed by atoms with Crippen LogP contribution in [0, 0.1) is 0 Å². The van der Waals surface area contributed by atoms with Crippen molar-refractivity contribution in [3.05, 3.63) is 94.3 Å². The van der Waals surface area contributed by atoms with E-state index in [9.17, 15) is 4.79 Å². The minimum Gasteiger partial charge on any atom is -0.493 e. The largest absolute Gasteiger partial charge is 0.493 e. The summed E-state index contributed by atoms with van der Waals surface area (Å²) in [6, 6.07) is 21.6. The third-order valence-corrected chi connectivity index (χ3v) is 5.94. The van der Waals surface area contributed by atoms with Crippen molar-refractivity contribution in [3.8, 4) is 11.5 Å². The highest BCUT2D eigenvalue weighted by molar-refractivity contribution is 7.09. The first-order valence-electron chi connectivity index (χ1n) is 10.2. The fraction of sp³-hybridized carbons (Fsp3) is 0.154. The van der Waals surface area contributed by atoms with E-state index in [1.807, 2.05) is 77.0 Å². The average molecular weight is 445 g/mol. The van der Waals surface area contributed by atoms with Gasteiger partial charge in [-0.25, -0.2) is 4.98 Å². The summed E-state index contributed by atoms with van der Waals surface area (Å²) in [5.74, 6) is 1.22. The summed E-state index contributed by atoms with van der Waals surface area (Å²) in [5, 5.41) is 3.09. The zero-order valence-electron chi connectivity index (χ0n) is 18.0. The van der Waals surface area contributed by atoms with Gasteiger partial charge in [0.15, 0.2) is 11.5 Å². The number of para-hydroxylation sites is 1. The maximum atomic E-state index is 13.1. The lowest BCUT2D eigenvalue weighted by Gasteiger charge is -2.21. The molecule has 0 aliphatic heterocycles. The van der Waals surface area contributed by atoms with Gasteiger partial charge in [-0.15, -0.1) is 11.3 Å². The smallest absolute Gasteiger partial charge is 0.247 e. The van der Waals surface area contributed by atoms with E-state index in [-0.39, 0.29) is 5.91 Å². The van der Waals surface area contributed by atoms with E-state index in [4.69, 9.17) is 9.47 Å². The molecule has 32 heavy (non-hydrogen) atoms. The molecule has 0 aliphatic carbocycles. The van der Waals surface area contributed by atoms with Crippen molar-refractivity contribution in [3.63, 3.8) is 0 Å². The first-order chi connectivity index (χ1) is 15.7. The van der Waals surface area contributed by atoms with Gasteiger partial charge in [0.25, 0.3) is 0 Å². The number of nitrogens with zero attached hydrogens (tertiary/aromatic N) is 2. The van der Waals surface area contributed by atoms with Gasteiger partial charge in [-0.05, 0) is 47.4 Å². The second-order valence-electron chi connectivity index (χ2n) is 7.23. The van der Waals surface area contributed by atoms with E-state index in [2.05, 4.69) is 4.98 Å². The molecule has 0 aliphatic rings. The number of fused-ring (bicyclic) bond motifs is 1. The van der Waals surface area contributed by atoms with Crippen molar-refractivity contribution < 1.29 is 14.3 Å². The van der Waals surface area contributed by atoms with Crippen LogP contribution in [0.2, 0.25) is 0 Å². The molecule has 0 unspecified atom stereocenters. The standard InChI is InChI=1S/C26H24N2O3S/c1-30-24-13-9-19(16-25(24)31-2)17-28(18-22-7-5-15-32-22)26(29)14-12-21-11-10-20-6-3-4-8-23(20)27-21/h3-16H,17-18H2,1-2H3/b14-12+. The molecule has 2 heterocycles. The molecule has 162 valence electrons. The summed E-state index contributed by atoms with van der Waals surface area (Å²) in [6.45, 7) is 0.979. The maximum Gasteiger partial charge on any atom is 0.247 e. The summed E-state index contributed by atoms with van der Waals surface area (Å²) >= 11 is 1.63. The molecule has 0 fully saturated rings. The first kappa shape index (κ1) is 21.6.